The van der Waals surface area contributed by atoms with E-state index in [9.17, 15) is 9.90 Å². The minimum Gasteiger partial charge on any atom is -0.497 e. The van der Waals surface area contributed by atoms with Crippen LogP contribution in [0.1, 0.15) is 36.7 Å². The van der Waals surface area contributed by atoms with Crippen molar-refractivity contribution in [2.24, 2.45) is 0 Å². The lowest BCUT2D eigenvalue weighted by Crippen LogP contribution is -2.12. The highest BCUT2D eigenvalue weighted by Crippen LogP contribution is 2.31. The van der Waals surface area contributed by atoms with Gasteiger partial charge >= 0.3 is 5.97 Å². The Morgan fingerprint density at radius 1 is 1.05 bits per heavy atom. The Labute approximate surface area is 125 Å². The second kappa shape index (κ2) is 5.60. The van der Waals surface area contributed by atoms with E-state index in [0.29, 0.717) is 5.56 Å². The van der Waals surface area contributed by atoms with E-state index in [1.165, 1.54) is 0 Å². The van der Waals surface area contributed by atoms with E-state index in [4.69, 9.17) is 4.74 Å². The average molecular weight is 284 g/mol. The maximum atomic E-state index is 11.5. The van der Waals surface area contributed by atoms with Gasteiger partial charge in [0.2, 0.25) is 0 Å². The number of hydrogen-bond donors (Lipinski definition) is 1. The zero-order valence-corrected chi connectivity index (χ0v) is 12.8. The molecule has 0 saturated carbocycles. The first-order valence-electron chi connectivity index (χ1n) is 6.85. The Morgan fingerprint density at radius 2 is 1.67 bits per heavy atom. The minimum absolute atomic E-state index is 0.0295. The van der Waals surface area contributed by atoms with Gasteiger partial charge in [-0.3, -0.25) is 0 Å². The summed E-state index contributed by atoms with van der Waals surface area (Å²) in [7, 11) is 1.61. The first kappa shape index (κ1) is 15.1. The second-order valence-corrected chi connectivity index (χ2v) is 6.04. The first-order valence-corrected chi connectivity index (χ1v) is 6.85. The van der Waals surface area contributed by atoms with Crippen molar-refractivity contribution in [3.8, 4) is 16.9 Å². The smallest absolute Gasteiger partial charge is 0.336 e. The molecule has 3 heteroatoms. The van der Waals surface area contributed by atoms with Gasteiger partial charge in [-0.15, -0.1) is 0 Å². The molecule has 0 atom stereocenters. The molecule has 0 aliphatic heterocycles. The number of carbonyl (C=O) groups is 1. The number of hydrogen-bond acceptors (Lipinski definition) is 2. The van der Waals surface area contributed by atoms with Crippen LogP contribution in [0.4, 0.5) is 0 Å². The summed E-state index contributed by atoms with van der Waals surface area (Å²) in [5.74, 6) is -0.163. The van der Waals surface area contributed by atoms with Crippen LogP contribution in [-0.2, 0) is 5.41 Å². The fraction of sp³-hybridized carbons (Fsp3) is 0.278. The van der Waals surface area contributed by atoms with E-state index in [-0.39, 0.29) is 5.41 Å². The van der Waals surface area contributed by atoms with Crippen LogP contribution >= 0.6 is 0 Å². The first-order chi connectivity index (χ1) is 9.82. The van der Waals surface area contributed by atoms with E-state index in [0.717, 1.165) is 22.4 Å². The lowest BCUT2D eigenvalue weighted by atomic mass is 9.84. The summed E-state index contributed by atoms with van der Waals surface area (Å²) < 4.78 is 5.14. The molecule has 0 saturated heterocycles. The molecule has 3 nitrogen and oxygen atoms in total. The summed E-state index contributed by atoms with van der Waals surface area (Å²) in [6.07, 6.45) is 0. The largest absolute Gasteiger partial charge is 0.497 e. The molecule has 110 valence electrons. The van der Waals surface area contributed by atoms with Crippen LogP contribution < -0.4 is 4.74 Å². The van der Waals surface area contributed by atoms with E-state index < -0.39 is 5.97 Å². The third-order valence-electron chi connectivity index (χ3n) is 3.52. The molecule has 0 aliphatic carbocycles. The summed E-state index contributed by atoms with van der Waals surface area (Å²) in [5.41, 5.74) is 3.00. The third-order valence-corrected chi connectivity index (χ3v) is 3.52. The minimum atomic E-state index is -0.915. The Hall–Kier alpha value is -2.29. The number of methoxy groups -OCH3 is 1. The highest BCUT2D eigenvalue weighted by molar-refractivity contribution is 5.96. The van der Waals surface area contributed by atoms with Crippen LogP contribution in [0.25, 0.3) is 11.1 Å². The zero-order valence-electron chi connectivity index (χ0n) is 12.8. The van der Waals surface area contributed by atoms with Crippen LogP contribution in [0, 0.1) is 0 Å². The molecule has 0 spiro atoms. The standard InChI is InChI=1S/C18H20O3/c1-18(2,3)13-7-10-15(17(19)20)16(11-13)12-5-8-14(21-4)9-6-12/h5-11H,1-4H3,(H,19,20). The summed E-state index contributed by atoms with van der Waals surface area (Å²) in [6, 6.07) is 13.0. The van der Waals surface area contributed by atoms with E-state index in [1.807, 2.05) is 36.4 Å². The van der Waals surface area contributed by atoms with Crippen molar-refractivity contribution >= 4 is 5.97 Å². The van der Waals surface area contributed by atoms with Gasteiger partial charge in [-0.2, -0.15) is 0 Å². The van der Waals surface area contributed by atoms with Gasteiger partial charge in [0, 0.05) is 0 Å². The number of carboxylic acids is 1. The van der Waals surface area contributed by atoms with Crippen LogP contribution in [0.2, 0.25) is 0 Å². The van der Waals surface area contributed by atoms with Crippen molar-refractivity contribution in [3.63, 3.8) is 0 Å². The molecular formula is C18H20O3. The molecule has 0 unspecified atom stereocenters. The van der Waals surface area contributed by atoms with Gasteiger partial charge in [-0.05, 0) is 46.4 Å². The van der Waals surface area contributed by atoms with Crippen molar-refractivity contribution in [3.05, 3.63) is 53.6 Å². The highest BCUT2D eigenvalue weighted by atomic mass is 16.5. The number of benzene rings is 2. The molecular weight excluding hydrogens is 264 g/mol. The van der Waals surface area contributed by atoms with Gasteiger partial charge in [0.1, 0.15) is 5.75 Å². The topological polar surface area (TPSA) is 46.5 Å². The monoisotopic (exact) mass is 284 g/mol. The Kier molecular flexibility index (Phi) is 4.03. The van der Waals surface area contributed by atoms with Gasteiger partial charge in [0.25, 0.3) is 0 Å². The van der Waals surface area contributed by atoms with E-state index in [1.54, 1.807) is 13.2 Å². The number of ether oxygens (including phenoxy) is 1. The lowest BCUT2D eigenvalue weighted by molar-refractivity contribution is 0.0697. The predicted molar refractivity (Wildman–Crippen MR) is 84.1 cm³/mol. The van der Waals surface area contributed by atoms with Crippen molar-refractivity contribution in [2.75, 3.05) is 7.11 Å². The molecule has 2 aromatic rings. The van der Waals surface area contributed by atoms with Gasteiger partial charge < -0.3 is 9.84 Å². The SMILES string of the molecule is COc1ccc(-c2cc(C(C)(C)C)ccc2C(=O)O)cc1. The molecule has 1 N–H and O–H groups in total. The fourth-order valence-electron chi connectivity index (χ4n) is 2.21. The van der Waals surface area contributed by atoms with Crippen LogP contribution in [0.3, 0.4) is 0 Å². The van der Waals surface area contributed by atoms with Crippen LogP contribution in [0.5, 0.6) is 5.75 Å². The van der Waals surface area contributed by atoms with Gasteiger partial charge in [0.05, 0.1) is 12.7 Å². The summed E-state index contributed by atoms with van der Waals surface area (Å²) in [6.45, 7) is 6.34. The average Bonchev–Trinajstić information content (AvgIpc) is 2.45. The van der Waals surface area contributed by atoms with Crippen molar-refractivity contribution in [1.29, 1.82) is 0 Å². The Balaban J connectivity index is 2.59. The molecule has 0 radical (unpaired) electrons. The number of aromatic carboxylic acids is 1. The quantitative estimate of drug-likeness (QED) is 0.911. The fourth-order valence-corrected chi connectivity index (χ4v) is 2.21. The van der Waals surface area contributed by atoms with Crippen LogP contribution in [0.15, 0.2) is 42.5 Å². The van der Waals surface area contributed by atoms with Crippen molar-refractivity contribution < 1.29 is 14.6 Å². The predicted octanol–water partition coefficient (Wildman–Crippen LogP) is 4.36. The van der Waals surface area contributed by atoms with Gasteiger partial charge in [0.15, 0.2) is 0 Å². The van der Waals surface area contributed by atoms with E-state index >= 15 is 0 Å². The zero-order chi connectivity index (χ0) is 15.6. The Bertz CT molecular complexity index is 649. The van der Waals surface area contributed by atoms with E-state index in [2.05, 4.69) is 20.8 Å². The lowest BCUT2D eigenvalue weighted by Gasteiger charge is -2.21. The maximum absolute atomic E-state index is 11.5. The normalized spacial score (nSPS) is 11.2. The number of carboxylic acid groups (broad SMARTS) is 1. The summed E-state index contributed by atoms with van der Waals surface area (Å²) >= 11 is 0. The third kappa shape index (κ3) is 3.24. The molecule has 2 rings (SSSR count). The molecule has 2 aromatic carbocycles. The van der Waals surface area contributed by atoms with Gasteiger partial charge in [-0.1, -0.05) is 39.0 Å². The number of rotatable bonds is 3. The molecule has 0 fully saturated rings. The highest BCUT2D eigenvalue weighted by Gasteiger charge is 2.18. The van der Waals surface area contributed by atoms with Gasteiger partial charge in [-0.25, -0.2) is 4.79 Å². The summed E-state index contributed by atoms with van der Waals surface area (Å²) in [4.78, 5) is 11.5. The molecule has 0 bridgehead atoms. The molecule has 0 amide bonds. The molecule has 0 aliphatic rings. The van der Waals surface area contributed by atoms with Crippen LogP contribution in [-0.4, -0.2) is 18.2 Å². The van der Waals surface area contributed by atoms with Crippen molar-refractivity contribution in [1.82, 2.24) is 0 Å². The molecule has 0 aromatic heterocycles. The molecule has 21 heavy (non-hydrogen) atoms. The molecule has 0 heterocycles. The van der Waals surface area contributed by atoms with Crippen molar-refractivity contribution in [2.45, 2.75) is 26.2 Å². The summed E-state index contributed by atoms with van der Waals surface area (Å²) in [5, 5.41) is 9.40. The Morgan fingerprint density at radius 3 is 2.14 bits per heavy atom. The maximum Gasteiger partial charge on any atom is 0.336 e. The second-order valence-electron chi connectivity index (χ2n) is 6.04.